The summed E-state index contributed by atoms with van der Waals surface area (Å²) in [4.78, 5) is 23.5. The molecule has 1 aliphatic heterocycles. The van der Waals surface area contributed by atoms with Crippen LogP contribution in [0.4, 0.5) is 5.69 Å². The monoisotopic (exact) mass is 260 g/mol. The second-order valence-corrected chi connectivity index (χ2v) is 5.30. The minimum absolute atomic E-state index is 0.0382. The van der Waals surface area contributed by atoms with E-state index >= 15 is 0 Å². The SMILES string of the molecule is Cc1cc(C)c(NC(=O)C2CCNC(=O)C2)c(C)c1. The summed E-state index contributed by atoms with van der Waals surface area (Å²) in [5.74, 6) is -0.303. The highest BCUT2D eigenvalue weighted by atomic mass is 16.2. The summed E-state index contributed by atoms with van der Waals surface area (Å²) in [6.07, 6.45) is 0.997. The van der Waals surface area contributed by atoms with E-state index in [1.54, 1.807) is 0 Å². The first-order chi connectivity index (χ1) is 8.97. The van der Waals surface area contributed by atoms with E-state index in [4.69, 9.17) is 0 Å². The Balaban J connectivity index is 2.13. The molecule has 1 aromatic carbocycles. The molecule has 102 valence electrons. The number of carbonyl (C=O) groups excluding carboxylic acids is 2. The normalized spacial score (nSPS) is 18.9. The standard InChI is InChI=1S/C15H20N2O2/c1-9-6-10(2)14(11(3)7-9)17-15(19)12-4-5-16-13(18)8-12/h6-7,12H,4-5,8H2,1-3H3,(H,16,18)(H,17,19). The predicted molar refractivity (Wildman–Crippen MR) is 75.0 cm³/mol. The molecule has 0 aliphatic carbocycles. The zero-order chi connectivity index (χ0) is 14.0. The number of benzene rings is 1. The Bertz CT molecular complexity index is 500. The second kappa shape index (κ2) is 5.43. The Morgan fingerprint density at radius 1 is 1.26 bits per heavy atom. The molecule has 4 heteroatoms. The summed E-state index contributed by atoms with van der Waals surface area (Å²) in [7, 11) is 0. The zero-order valence-electron chi connectivity index (χ0n) is 11.7. The lowest BCUT2D eigenvalue weighted by Crippen LogP contribution is -2.38. The van der Waals surface area contributed by atoms with Crippen LogP contribution in [0.3, 0.4) is 0 Å². The smallest absolute Gasteiger partial charge is 0.228 e. The van der Waals surface area contributed by atoms with Crippen LogP contribution in [-0.2, 0) is 9.59 Å². The third-order valence-corrected chi connectivity index (χ3v) is 3.54. The van der Waals surface area contributed by atoms with Crippen LogP contribution in [0.5, 0.6) is 0 Å². The minimum atomic E-state index is -0.214. The van der Waals surface area contributed by atoms with E-state index in [1.807, 2.05) is 20.8 Å². The van der Waals surface area contributed by atoms with E-state index in [0.29, 0.717) is 13.0 Å². The predicted octanol–water partition coefficient (Wildman–Crippen LogP) is 2.08. The van der Waals surface area contributed by atoms with Crippen LogP contribution >= 0.6 is 0 Å². The molecule has 2 rings (SSSR count). The van der Waals surface area contributed by atoms with Gasteiger partial charge in [0.25, 0.3) is 0 Å². The van der Waals surface area contributed by atoms with Gasteiger partial charge in [0.15, 0.2) is 0 Å². The summed E-state index contributed by atoms with van der Waals surface area (Å²) in [5, 5.41) is 5.72. The number of carbonyl (C=O) groups is 2. The van der Waals surface area contributed by atoms with Crippen molar-refractivity contribution in [1.29, 1.82) is 0 Å². The fourth-order valence-electron chi connectivity index (χ4n) is 2.61. The van der Waals surface area contributed by atoms with Gasteiger partial charge < -0.3 is 10.6 Å². The van der Waals surface area contributed by atoms with Gasteiger partial charge in [-0.25, -0.2) is 0 Å². The molecule has 4 nitrogen and oxygen atoms in total. The van der Waals surface area contributed by atoms with Crippen LogP contribution in [0.1, 0.15) is 29.5 Å². The van der Waals surface area contributed by atoms with Crippen molar-refractivity contribution >= 4 is 17.5 Å². The zero-order valence-corrected chi connectivity index (χ0v) is 11.7. The molecule has 1 heterocycles. The Morgan fingerprint density at radius 3 is 2.47 bits per heavy atom. The van der Waals surface area contributed by atoms with Crippen LogP contribution in [0.15, 0.2) is 12.1 Å². The van der Waals surface area contributed by atoms with Gasteiger partial charge in [0, 0.05) is 24.6 Å². The Labute approximate surface area is 113 Å². The van der Waals surface area contributed by atoms with Gasteiger partial charge >= 0.3 is 0 Å². The summed E-state index contributed by atoms with van der Waals surface area (Å²) in [5.41, 5.74) is 4.18. The number of rotatable bonds is 2. The maximum atomic E-state index is 12.2. The van der Waals surface area contributed by atoms with E-state index in [2.05, 4.69) is 22.8 Å². The third-order valence-electron chi connectivity index (χ3n) is 3.54. The summed E-state index contributed by atoms with van der Waals surface area (Å²) in [6.45, 7) is 6.60. The molecule has 0 spiro atoms. The van der Waals surface area contributed by atoms with Crippen molar-refractivity contribution in [3.05, 3.63) is 28.8 Å². The van der Waals surface area contributed by atoms with Crippen LogP contribution in [0.25, 0.3) is 0 Å². The fraction of sp³-hybridized carbons (Fsp3) is 0.467. The maximum absolute atomic E-state index is 12.2. The molecular weight excluding hydrogens is 240 g/mol. The quantitative estimate of drug-likeness (QED) is 0.855. The van der Waals surface area contributed by atoms with Gasteiger partial charge in [0.05, 0.1) is 0 Å². The molecule has 19 heavy (non-hydrogen) atoms. The lowest BCUT2D eigenvalue weighted by atomic mass is 9.96. The molecule has 1 atom stereocenters. The molecular formula is C15H20N2O2. The molecule has 0 saturated carbocycles. The topological polar surface area (TPSA) is 58.2 Å². The van der Waals surface area contributed by atoms with Gasteiger partial charge in [0.1, 0.15) is 0 Å². The molecule has 0 radical (unpaired) electrons. The van der Waals surface area contributed by atoms with E-state index < -0.39 is 0 Å². The highest BCUT2D eigenvalue weighted by Gasteiger charge is 2.26. The van der Waals surface area contributed by atoms with Crippen molar-refractivity contribution in [3.8, 4) is 0 Å². The molecule has 1 fully saturated rings. The third kappa shape index (κ3) is 3.13. The number of amides is 2. The number of anilines is 1. The van der Waals surface area contributed by atoms with Crippen LogP contribution in [0.2, 0.25) is 0 Å². The lowest BCUT2D eigenvalue weighted by Gasteiger charge is -2.22. The van der Waals surface area contributed by atoms with Gasteiger partial charge in [0.2, 0.25) is 11.8 Å². The van der Waals surface area contributed by atoms with Gasteiger partial charge in [-0.15, -0.1) is 0 Å². The van der Waals surface area contributed by atoms with Gasteiger partial charge in [-0.3, -0.25) is 9.59 Å². The van der Waals surface area contributed by atoms with Crippen molar-refractivity contribution in [2.75, 3.05) is 11.9 Å². The number of hydrogen-bond acceptors (Lipinski definition) is 2. The summed E-state index contributed by atoms with van der Waals surface area (Å²) < 4.78 is 0. The molecule has 0 bridgehead atoms. The first-order valence-corrected chi connectivity index (χ1v) is 6.63. The fourth-order valence-corrected chi connectivity index (χ4v) is 2.61. The maximum Gasteiger partial charge on any atom is 0.228 e. The highest BCUT2D eigenvalue weighted by molar-refractivity contribution is 5.96. The average Bonchev–Trinajstić information content (AvgIpc) is 2.33. The minimum Gasteiger partial charge on any atom is -0.356 e. The number of piperidine rings is 1. The van der Waals surface area contributed by atoms with Crippen LogP contribution in [0, 0.1) is 26.7 Å². The number of hydrogen-bond donors (Lipinski definition) is 2. The molecule has 1 unspecified atom stereocenters. The summed E-state index contributed by atoms with van der Waals surface area (Å²) >= 11 is 0. The van der Waals surface area contributed by atoms with Gasteiger partial charge in [-0.2, -0.15) is 0 Å². The first-order valence-electron chi connectivity index (χ1n) is 6.63. The second-order valence-electron chi connectivity index (χ2n) is 5.30. The van der Waals surface area contributed by atoms with E-state index in [0.717, 1.165) is 16.8 Å². The van der Waals surface area contributed by atoms with Gasteiger partial charge in [-0.1, -0.05) is 17.7 Å². The van der Waals surface area contributed by atoms with E-state index in [1.165, 1.54) is 5.56 Å². The summed E-state index contributed by atoms with van der Waals surface area (Å²) in [6, 6.07) is 4.10. The van der Waals surface area contributed by atoms with Crippen molar-refractivity contribution in [2.24, 2.45) is 5.92 Å². The average molecular weight is 260 g/mol. The Morgan fingerprint density at radius 2 is 1.89 bits per heavy atom. The van der Waals surface area contributed by atoms with Crippen LogP contribution in [-0.4, -0.2) is 18.4 Å². The molecule has 1 aromatic rings. The molecule has 1 saturated heterocycles. The Hall–Kier alpha value is -1.84. The number of aryl methyl sites for hydroxylation is 3. The first kappa shape index (κ1) is 13.6. The van der Waals surface area contributed by atoms with Gasteiger partial charge in [-0.05, 0) is 38.3 Å². The Kier molecular flexibility index (Phi) is 3.88. The van der Waals surface area contributed by atoms with Crippen molar-refractivity contribution < 1.29 is 9.59 Å². The van der Waals surface area contributed by atoms with Crippen molar-refractivity contribution in [2.45, 2.75) is 33.6 Å². The largest absolute Gasteiger partial charge is 0.356 e. The molecule has 0 aromatic heterocycles. The lowest BCUT2D eigenvalue weighted by molar-refractivity contribution is -0.129. The van der Waals surface area contributed by atoms with E-state index in [9.17, 15) is 9.59 Å². The highest BCUT2D eigenvalue weighted by Crippen LogP contribution is 2.24. The molecule has 1 aliphatic rings. The number of nitrogens with one attached hydrogen (secondary N) is 2. The van der Waals surface area contributed by atoms with Crippen LogP contribution < -0.4 is 10.6 Å². The van der Waals surface area contributed by atoms with Crippen molar-refractivity contribution in [1.82, 2.24) is 5.32 Å². The molecule has 2 N–H and O–H groups in total. The van der Waals surface area contributed by atoms with E-state index in [-0.39, 0.29) is 24.2 Å². The van der Waals surface area contributed by atoms with Crippen molar-refractivity contribution in [3.63, 3.8) is 0 Å². The molecule has 2 amide bonds.